The summed E-state index contributed by atoms with van der Waals surface area (Å²) in [5.41, 5.74) is -0.367. The van der Waals surface area contributed by atoms with Gasteiger partial charge in [-0.2, -0.15) is 5.10 Å². The third-order valence-corrected chi connectivity index (χ3v) is 4.04. The highest BCUT2D eigenvalue weighted by Gasteiger charge is 2.49. The highest BCUT2D eigenvalue weighted by molar-refractivity contribution is 5.99. The van der Waals surface area contributed by atoms with E-state index in [0.717, 1.165) is 0 Å². The minimum Gasteiger partial charge on any atom is -0.322 e. The topological polar surface area (TPSA) is 46.4 Å². The van der Waals surface area contributed by atoms with Crippen molar-refractivity contribution in [2.75, 3.05) is 5.32 Å². The second-order valence-electron chi connectivity index (χ2n) is 5.21. The van der Waals surface area contributed by atoms with Crippen molar-refractivity contribution in [3.8, 4) is 0 Å². The lowest BCUT2D eigenvalue weighted by atomic mass is 9.85. The predicted octanol–water partition coefficient (Wildman–Crippen LogP) is 3.10. The Kier molecular flexibility index (Phi) is 3.16. The van der Waals surface area contributed by atoms with Crippen molar-refractivity contribution in [2.45, 2.75) is 32.1 Å². The van der Waals surface area contributed by atoms with Crippen molar-refractivity contribution in [1.82, 2.24) is 9.61 Å². The van der Waals surface area contributed by atoms with Gasteiger partial charge in [-0.05, 0) is 25.0 Å². The first-order valence-electron chi connectivity index (χ1n) is 6.65. The van der Waals surface area contributed by atoms with Gasteiger partial charge in [-0.25, -0.2) is 13.3 Å². The zero-order valence-corrected chi connectivity index (χ0v) is 10.9. The van der Waals surface area contributed by atoms with Crippen LogP contribution in [0.2, 0.25) is 0 Å². The van der Waals surface area contributed by atoms with Crippen LogP contribution in [0.3, 0.4) is 0 Å². The largest absolute Gasteiger partial charge is 0.322 e. The summed E-state index contributed by atoms with van der Waals surface area (Å²) in [7, 11) is 0. The molecule has 6 heteroatoms. The summed E-state index contributed by atoms with van der Waals surface area (Å²) in [6.07, 6.45) is 2.43. The maximum atomic E-state index is 13.3. The molecule has 1 aliphatic carbocycles. The summed E-state index contributed by atoms with van der Waals surface area (Å²) in [6.45, 7) is 0. The molecule has 1 fully saturated rings. The van der Waals surface area contributed by atoms with Crippen LogP contribution in [0.25, 0.3) is 5.52 Å². The molecule has 0 aliphatic heterocycles. The summed E-state index contributed by atoms with van der Waals surface area (Å²) >= 11 is 0. The predicted molar refractivity (Wildman–Crippen MR) is 70.7 cm³/mol. The number of alkyl halides is 2. The van der Waals surface area contributed by atoms with E-state index < -0.39 is 17.7 Å². The third-order valence-electron chi connectivity index (χ3n) is 4.04. The lowest BCUT2D eigenvalue weighted by Crippen LogP contribution is -2.39. The van der Waals surface area contributed by atoms with Gasteiger partial charge in [0, 0.05) is 6.20 Å². The summed E-state index contributed by atoms with van der Waals surface area (Å²) in [4.78, 5) is 12.3. The average Bonchev–Trinajstić information content (AvgIpc) is 3.07. The first-order valence-corrected chi connectivity index (χ1v) is 6.65. The summed E-state index contributed by atoms with van der Waals surface area (Å²) in [5, 5.41) is 6.71. The van der Waals surface area contributed by atoms with E-state index in [1.807, 2.05) is 12.1 Å². The van der Waals surface area contributed by atoms with Crippen molar-refractivity contribution in [2.24, 2.45) is 5.41 Å². The van der Waals surface area contributed by atoms with Crippen LogP contribution in [-0.2, 0) is 4.79 Å². The number of aromatic nitrogens is 2. The molecule has 2 aromatic heterocycles. The zero-order chi connectivity index (χ0) is 14.2. The number of anilines is 1. The van der Waals surface area contributed by atoms with Gasteiger partial charge < -0.3 is 5.32 Å². The van der Waals surface area contributed by atoms with Gasteiger partial charge in [0.15, 0.2) is 0 Å². The minimum absolute atomic E-state index is 0.246. The summed E-state index contributed by atoms with van der Waals surface area (Å²) in [5.74, 6) is -0.594. The van der Waals surface area contributed by atoms with Crippen LogP contribution in [0.5, 0.6) is 0 Å². The van der Waals surface area contributed by atoms with Gasteiger partial charge in [0.25, 0.3) is 6.43 Å². The first-order chi connectivity index (χ1) is 9.63. The maximum Gasteiger partial charge on any atom is 0.252 e. The van der Waals surface area contributed by atoms with E-state index in [0.29, 0.717) is 24.0 Å². The number of nitrogens with one attached hydrogen (secondary N) is 1. The van der Waals surface area contributed by atoms with Gasteiger partial charge in [-0.15, -0.1) is 0 Å². The molecule has 0 unspecified atom stereocenters. The van der Waals surface area contributed by atoms with Crippen LogP contribution in [0.15, 0.2) is 30.6 Å². The fourth-order valence-corrected chi connectivity index (χ4v) is 2.83. The monoisotopic (exact) mass is 279 g/mol. The van der Waals surface area contributed by atoms with Crippen molar-refractivity contribution in [1.29, 1.82) is 0 Å². The van der Waals surface area contributed by atoms with Crippen LogP contribution in [0.1, 0.15) is 25.7 Å². The molecule has 0 bridgehead atoms. The Bertz CT molecular complexity index is 632. The lowest BCUT2D eigenvalue weighted by molar-refractivity contribution is -0.134. The van der Waals surface area contributed by atoms with E-state index in [4.69, 9.17) is 0 Å². The van der Waals surface area contributed by atoms with Gasteiger partial charge in [0.1, 0.15) is 5.41 Å². The van der Waals surface area contributed by atoms with Crippen LogP contribution in [0, 0.1) is 5.41 Å². The molecule has 1 aliphatic rings. The number of nitrogens with zero attached hydrogens (tertiary/aromatic N) is 2. The Morgan fingerprint density at radius 1 is 1.35 bits per heavy atom. The smallest absolute Gasteiger partial charge is 0.252 e. The number of hydrogen-bond acceptors (Lipinski definition) is 2. The number of halogens is 2. The fraction of sp³-hybridized carbons (Fsp3) is 0.429. The Labute approximate surface area is 114 Å². The minimum atomic E-state index is -2.63. The van der Waals surface area contributed by atoms with Gasteiger partial charge in [-0.3, -0.25) is 4.79 Å². The van der Waals surface area contributed by atoms with Crippen molar-refractivity contribution in [3.05, 3.63) is 30.6 Å². The van der Waals surface area contributed by atoms with Crippen molar-refractivity contribution in [3.63, 3.8) is 0 Å². The quantitative estimate of drug-likeness (QED) is 0.938. The van der Waals surface area contributed by atoms with Crippen LogP contribution in [0.4, 0.5) is 14.5 Å². The fourth-order valence-electron chi connectivity index (χ4n) is 2.83. The molecular weight excluding hydrogens is 264 g/mol. The number of pyridine rings is 1. The highest BCUT2D eigenvalue weighted by atomic mass is 19.3. The standard InChI is InChI=1S/C14H15F2N3O/c15-12(16)14(6-2-3-7-14)13(20)18-10-9-17-19-8-4-1-5-11(10)19/h1,4-5,8-9,12H,2-3,6-7H2,(H,18,20). The molecule has 1 N–H and O–H groups in total. The normalized spacial score (nSPS) is 17.8. The summed E-state index contributed by atoms with van der Waals surface area (Å²) in [6, 6.07) is 5.40. The van der Waals surface area contributed by atoms with Crippen molar-refractivity contribution >= 4 is 17.1 Å². The number of hydrogen-bond donors (Lipinski definition) is 1. The van der Waals surface area contributed by atoms with E-state index in [2.05, 4.69) is 10.4 Å². The third kappa shape index (κ3) is 1.95. The van der Waals surface area contributed by atoms with Gasteiger partial charge in [0.05, 0.1) is 17.4 Å². The Morgan fingerprint density at radius 2 is 2.10 bits per heavy atom. The number of carbonyl (C=O) groups is 1. The van der Waals surface area contributed by atoms with E-state index in [9.17, 15) is 13.6 Å². The molecule has 1 saturated carbocycles. The van der Waals surface area contributed by atoms with E-state index in [-0.39, 0.29) is 12.8 Å². The molecule has 3 rings (SSSR count). The van der Waals surface area contributed by atoms with Crippen LogP contribution in [-0.4, -0.2) is 21.9 Å². The number of fused-ring (bicyclic) bond motifs is 1. The second-order valence-corrected chi connectivity index (χ2v) is 5.21. The van der Waals surface area contributed by atoms with Gasteiger partial charge in [-0.1, -0.05) is 18.9 Å². The molecule has 2 aromatic rings. The number of rotatable bonds is 3. The SMILES string of the molecule is O=C(Nc1cnn2ccccc12)C1(C(F)F)CCCC1. The van der Waals surface area contributed by atoms with Gasteiger partial charge in [0.2, 0.25) is 5.91 Å². The van der Waals surface area contributed by atoms with E-state index in [1.54, 1.807) is 16.8 Å². The molecule has 20 heavy (non-hydrogen) atoms. The maximum absolute atomic E-state index is 13.3. The van der Waals surface area contributed by atoms with Crippen LogP contribution < -0.4 is 5.32 Å². The zero-order valence-electron chi connectivity index (χ0n) is 10.9. The van der Waals surface area contributed by atoms with E-state index in [1.165, 1.54) is 6.20 Å². The highest BCUT2D eigenvalue weighted by Crippen LogP contribution is 2.44. The molecule has 0 spiro atoms. The molecule has 0 aromatic carbocycles. The Balaban J connectivity index is 1.88. The van der Waals surface area contributed by atoms with Crippen LogP contribution >= 0.6 is 0 Å². The lowest BCUT2D eigenvalue weighted by Gasteiger charge is -2.26. The Morgan fingerprint density at radius 3 is 2.80 bits per heavy atom. The first kappa shape index (κ1) is 13.0. The molecular formula is C14H15F2N3O. The summed E-state index contributed by atoms with van der Waals surface area (Å²) < 4.78 is 28.2. The second kappa shape index (κ2) is 4.85. The average molecular weight is 279 g/mol. The van der Waals surface area contributed by atoms with E-state index >= 15 is 0 Å². The molecule has 4 nitrogen and oxygen atoms in total. The van der Waals surface area contributed by atoms with Crippen molar-refractivity contribution < 1.29 is 13.6 Å². The van der Waals surface area contributed by atoms with Gasteiger partial charge >= 0.3 is 0 Å². The Hall–Kier alpha value is -1.98. The number of carbonyl (C=O) groups excluding carboxylic acids is 1. The molecule has 0 atom stereocenters. The molecule has 0 radical (unpaired) electrons. The molecule has 2 heterocycles. The molecule has 0 saturated heterocycles. The number of amides is 1. The molecule has 1 amide bonds. The molecule has 106 valence electrons.